The first-order valence-corrected chi connectivity index (χ1v) is 13.6. The Kier molecular flexibility index (Phi) is 5.79. The van der Waals surface area contributed by atoms with Crippen LogP contribution in [0.4, 0.5) is 4.39 Å². The lowest BCUT2D eigenvalue weighted by Crippen LogP contribution is -2.44. The number of aryl methyl sites for hydroxylation is 1. The number of aliphatic hydroxyl groups is 1. The summed E-state index contributed by atoms with van der Waals surface area (Å²) in [6.45, 7) is 3.55. The Labute approximate surface area is 211 Å². The molecule has 0 bridgehead atoms. The second kappa shape index (κ2) is 8.42. The Balaban J connectivity index is 0.000000514. The zero-order valence-corrected chi connectivity index (χ0v) is 21.3. The van der Waals surface area contributed by atoms with Gasteiger partial charge in [0, 0.05) is 28.6 Å². The lowest BCUT2D eigenvalue weighted by Gasteiger charge is -2.31. The van der Waals surface area contributed by atoms with Crippen molar-refractivity contribution >= 4 is 27.0 Å². The van der Waals surface area contributed by atoms with Gasteiger partial charge in [0.2, 0.25) is 0 Å². The van der Waals surface area contributed by atoms with Gasteiger partial charge >= 0.3 is 5.97 Å². The Bertz CT molecular complexity index is 1670. The minimum absolute atomic E-state index is 0.0731. The average Bonchev–Trinajstić information content (AvgIpc) is 3.18. The molecule has 37 heavy (non-hydrogen) atoms. The van der Waals surface area contributed by atoms with Crippen molar-refractivity contribution in [1.29, 1.82) is 0 Å². The molecule has 0 radical (unpaired) electrons. The number of ether oxygens (including phenoxy) is 1. The van der Waals surface area contributed by atoms with Gasteiger partial charge in [0.1, 0.15) is 12.4 Å². The molecular formula is C25H26FN3O7S. The number of benzene rings is 1. The minimum atomic E-state index is -3.67. The van der Waals surface area contributed by atoms with E-state index in [2.05, 4.69) is 0 Å². The van der Waals surface area contributed by atoms with Gasteiger partial charge in [-0.15, -0.1) is 0 Å². The standard InChI is InChI=1S/C24H22FN3O4.CH4O3S/c1-3-24(31)14-6-18-21-12(8-28(18)22(29)13(14)9-32-23(24)30)19-16(26)5-4-11-10(2)15(25)7-17(27-21)20(11)19;1-5(2,3)4/h6-7,16,31H,3-5,8-9,26H2,1-2H3;1H3,(H,2,3,4)/t16-,24+;/m0./s1. The smallest absolute Gasteiger partial charge is 0.343 e. The summed E-state index contributed by atoms with van der Waals surface area (Å²) in [4.78, 5) is 30.5. The van der Waals surface area contributed by atoms with Crippen LogP contribution in [-0.4, -0.2) is 39.9 Å². The van der Waals surface area contributed by atoms with E-state index in [9.17, 15) is 27.5 Å². The highest BCUT2D eigenvalue weighted by Crippen LogP contribution is 2.45. The molecule has 10 nitrogen and oxygen atoms in total. The zero-order valence-electron chi connectivity index (χ0n) is 20.5. The van der Waals surface area contributed by atoms with Crippen LogP contribution in [-0.2, 0) is 44.8 Å². The lowest BCUT2D eigenvalue weighted by molar-refractivity contribution is -0.172. The first kappa shape index (κ1) is 25.5. The quantitative estimate of drug-likeness (QED) is 0.246. The van der Waals surface area contributed by atoms with Crippen LogP contribution in [0.1, 0.15) is 59.2 Å². The van der Waals surface area contributed by atoms with Crippen LogP contribution >= 0.6 is 0 Å². The van der Waals surface area contributed by atoms with Crippen molar-refractivity contribution in [3.63, 3.8) is 0 Å². The number of nitrogens with two attached hydrogens (primary N) is 1. The van der Waals surface area contributed by atoms with Gasteiger partial charge < -0.3 is 20.1 Å². The normalized spacial score (nSPS) is 21.5. The highest BCUT2D eigenvalue weighted by molar-refractivity contribution is 7.85. The number of carbonyl (C=O) groups excluding carboxylic acids is 1. The summed E-state index contributed by atoms with van der Waals surface area (Å²) in [5.41, 5.74) is 9.72. The number of hydrogen-bond acceptors (Lipinski definition) is 8. The summed E-state index contributed by atoms with van der Waals surface area (Å²) < 4.78 is 47.2. The van der Waals surface area contributed by atoms with E-state index in [-0.39, 0.29) is 48.1 Å². The number of aromatic nitrogens is 2. The number of rotatable bonds is 1. The summed E-state index contributed by atoms with van der Waals surface area (Å²) in [7, 11) is -3.67. The molecule has 0 spiro atoms. The maximum absolute atomic E-state index is 14.7. The molecule has 0 fully saturated rings. The molecule has 12 heteroatoms. The molecule has 1 aliphatic carbocycles. The number of pyridine rings is 2. The van der Waals surface area contributed by atoms with Crippen LogP contribution in [0.2, 0.25) is 0 Å². The van der Waals surface area contributed by atoms with Crippen LogP contribution in [0.3, 0.4) is 0 Å². The van der Waals surface area contributed by atoms with Crippen molar-refractivity contribution < 1.29 is 32.0 Å². The molecule has 0 unspecified atom stereocenters. The molecule has 3 aliphatic rings. The Hall–Kier alpha value is -3.19. The molecule has 2 aromatic heterocycles. The largest absolute Gasteiger partial charge is 0.458 e. The first-order chi connectivity index (χ1) is 17.3. The summed E-state index contributed by atoms with van der Waals surface area (Å²) in [6.07, 6.45) is 2.15. The molecule has 6 rings (SSSR count). The zero-order chi connectivity index (χ0) is 27.0. The van der Waals surface area contributed by atoms with E-state index >= 15 is 0 Å². The third-order valence-corrected chi connectivity index (χ3v) is 7.42. The molecule has 2 atom stereocenters. The van der Waals surface area contributed by atoms with Crippen molar-refractivity contribution in [1.82, 2.24) is 9.55 Å². The number of hydrogen-bond donors (Lipinski definition) is 3. The number of carbonyl (C=O) groups is 1. The third-order valence-electron chi connectivity index (χ3n) is 7.42. The van der Waals surface area contributed by atoms with Crippen molar-refractivity contribution in [2.45, 2.75) is 57.9 Å². The van der Waals surface area contributed by atoms with E-state index in [0.29, 0.717) is 41.6 Å². The van der Waals surface area contributed by atoms with Crippen molar-refractivity contribution in [3.8, 4) is 11.4 Å². The second-order valence-corrected chi connectivity index (χ2v) is 11.2. The maximum Gasteiger partial charge on any atom is 0.343 e. The number of cyclic esters (lactones) is 1. The van der Waals surface area contributed by atoms with E-state index < -0.39 is 21.7 Å². The van der Waals surface area contributed by atoms with Crippen LogP contribution in [0.15, 0.2) is 16.9 Å². The third kappa shape index (κ3) is 3.86. The lowest BCUT2D eigenvalue weighted by atomic mass is 9.82. The van der Waals surface area contributed by atoms with Gasteiger partial charge in [0.25, 0.3) is 15.7 Å². The first-order valence-electron chi connectivity index (χ1n) is 11.8. The Morgan fingerprint density at radius 2 is 1.95 bits per heavy atom. The summed E-state index contributed by atoms with van der Waals surface area (Å²) in [5.74, 6) is -1.08. The van der Waals surface area contributed by atoms with Crippen LogP contribution in [0.5, 0.6) is 0 Å². The highest BCUT2D eigenvalue weighted by Gasteiger charge is 2.45. The van der Waals surface area contributed by atoms with Crippen LogP contribution < -0.4 is 11.3 Å². The molecule has 1 aromatic carbocycles. The van der Waals surface area contributed by atoms with Gasteiger partial charge in [0.05, 0.1) is 35.3 Å². The van der Waals surface area contributed by atoms with Gasteiger partial charge in [-0.3, -0.25) is 9.35 Å². The number of nitrogens with zero attached hydrogens (tertiary/aromatic N) is 2. The summed E-state index contributed by atoms with van der Waals surface area (Å²) in [6, 6.07) is 2.84. The number of halogens is 1. The molecule has 2 aliphatic heterocycles. The average molecular weight is 532 g/mol. The van der Waals surface area contributed by atoms with E-state index in [4.69, 9.17) is 20.0 Å². The fourth-order valence-corrected chi connectivity index (χ4v) is 5.59. The topological polar surface area (TPSA) is 162 Å². The molecule has 196 valence electrons. The Morgan fingerprint density at radius 3 is 2.59 bits per heavy atom. The number of fused-ring (bicyclic) bond motifs is 5. The molecule has 4 heterocycles. The molecular weight excluding hydrogens is 505 g/mol. The van der Waals surface area contributed by atoms with Crippen LogP contribution in [0.25, 0.3) is 22.3 Å². The van der Waals surface area contributed by atoms with Crippen molar-refractivity contribution in [2.75, 3.05) is 6.26 Å². The van der Waals surface area contributed by atoms with Crippen molar-refractivity contribution in [3.05, 3.63) is 61.7 Å². The fourth-order valence-electron chi connectivity index (χ4n) is 5.59. The van der Waals surface area contributed by atoms with Gasteiger partial charge in [-0.1, -0.05) is 6.92 Å². The SMILES string of the molecule is CC[C@]1(O)C(=O)OCc2c1cc1n(c2=O)Cc2c-1nc1cc(F)c(C)c3c1c2[C@@H](N)CC3.CS(=O)(=O)O. The van der Waals surface area contributed by atoms with Gasteiger partial charge in [-0.25, -0.2) is 14.2 Å². The monoisotopic (exact) mass is 531 g/mol. The molecule has 0 amide bonds. The summed E-state index contributed by atoms with van der Waals surface area (Å²) >= 11 is 0. The number of esters is 1. The van der Waals surface area contributed by atoms with E-state index in [1.165, 1.54) is 6.07 Å². The van der Waals surface area contributed by atoms with E-state index in [0.717, 1.165) is 22.1 Å². The predicted molar refractivity (Wildman–Crippen MR) is 132 cm³/mol. The predicted octanol–water partition coefficient (Wildman–Crippen LogP) is 1.98. The maximum atomic E-state index is 14.7. The summed E-state index contributed by atoms with van der Waals surface area (Å²) in [5, 5.41) is 11.9. The van der Waals surface area contributed by atoms with Gasteiger partial charge in [-0.2, -0.15) is 8.42 Å². The molecule has 0 saturated heterocycles. The fraction of sp³-hybridized carbons (Fsp3) is 0.400. The van der Waals surface area contributed by atoms with Crippen molar-refractivity contribution in [2.24, 2.45) is 5.73 Å². The minimum Gasteiger partial charge on any atom is -0.458 e. The highest BCUT2D eigenvalue weighted by atomic mass is 32.2. The van der Waals surface area contributed by atoms with Gasteiger partial charge in [-0.05, 0) is 48.9 Å². The van der Waals surface area contributed by atoms with E-state index in [1.54, 1.807) is 24.5 Å². The van der Waals surface area contributed by atoms with Gasteiger partial charge in [0.15, 0.2) is 5.60 Å². The second-order valence-electron chi connectivity index (χ2n) is 9.69. The molecule has 0 saturated carbocycles. The van der Waals surface area contributed by atoms with E-state index in [1.807, 2.05) is 0 Å². The molecule has 4 N–H and O–H groups in total. The Morgan fingerprint density at radius 1 is 1.27 bits per heavy atom. The van der Waals surface area contributed by atoms with Crippen LogP contribution in [0, 0.1) is 12.7 Å². The molecule has 3 aromatic rings.